The molecule has 31 heavy (non-hydrogen) atoms. The van der Waals surface area contributed by atoms with Crippen LogP contribution in [0.3, 0.4) is 0 Å². The van der Waals surface area contributed by atoms with Crippen LogP contribution < -0.4 is 15.1 Å². The van der Waals surface area contributed by atoms with Gasteiger partial charge in [0, 0.05) is 64.1 Å². The summed E-state index contributed by atoms with van der Waals surface area (Å²) < 4.78 is 13.1. The van der Waals surface area contributed by atoms with E-state index in [2.05, 4.69) is 25.1 Å². The zero-order chi connectivity index (χ0) is 21.6. The summed E-state index contributed by atoms with van der Waals surface area (Å²) in [6.07, 6.45) is 4.42. The molecule has 0 radical (unpaired) electrons. The maximum atomic E-state index is 13.1. The molecule has 0 bridgehead atoms. The maximum absolute atomic E-state index is 13.1. The monoisotopic (exact) mass is 426 g/mol. The predicted molar refractivity (Wildman–Crippen MR) is 121 cm³/mol. The fourth-order valence-corrected chi connectivity index (χ4v) is 4.38. The van der Waals surface area contributed by atoms with E-state index in [9.17, 15) is 9.18 Å². The van der Waals surface area contributed by atoms with Crippen LogP contribution in [0.25, 0.3) is 0 Å². The van der Waals surface area contributed by atoms with Gasteiger partial charge in [-0.3, -0.25) is 4.79 Å². The Morgan fingerprint density at radius 3 is 2.42 bits per heavy atom. The maximum Gasteiger partial charge on any atom is 0.224 e. The van der Waals surface area contributed by atoms with E-state index in [1.807, 2.05) is 17.9 Å². The standard InChI is InChI=1S/C23H31FN6O/c1-2-25-23-26-10-7-21(27-23)29-11-8-18(9-12-29)17-22(31)30-15-13-28(14-16-30)20-5-3-19(24)4-6-20/h3-7,10,18H,2,8-9,11-17H2,1H3,(H,25,26,27). The van der Waals surface area contributed by atoms with Gasteiger partial charge in [-0.05, 0) is 56.0 Å². The Morgan fingerprint density at radius 1 is 1.03 bits per heavy atom. The molecule has 2 saturated heterocycles. The molecule has 4 rings (SSSR count). The molecule has 8 heteroatoms. The summed E-state index contributed by atoms with van der Waals surface area (Å²) in [5.74, 6) is 2.08. The molecule has 1 aromatic heterocycles. The number of piperidine rings is 1. The van der Waals surface area contributed by atoms with Gasteiger partial charge in [0.2, 0.25) is 11.9 Å². The molecular formula is C23H31FN6O. The number of aromatic nitrogens is 2. The smallest absolute Gasteiger partial charge is 0.224 e. The largest absolute Gasteiger partial charge is 0.368 e. The molecular weight excluding hydrogens is 395 g/mol. The van der Waals surface area contributed by atoms with Crippen LogP contribution in [0.2, 0.25) is 0 Å². The molecule has 2 aliphatic rings. The molecule has 1 N–H and O–H groups in total. The van der Waals surface area contributed by atoms with Crippen LogP contribution in [0.15, 0.2) is 36.5 Å². The van der Waals surface area contributed by atoms with E-state index in [1.54, 1.807) is 18.3 Å². The van der Waals surface area contributed by atoms with Gasteiger partial charge in [-0.15, -0.1) is 0 Å². The van der Waals surface area contributed by atoms with Crippen LogP contribution in [0.1, 0.15) is 26.2 Å². The summed E-state index contributed by atoms with van der Waals surface area (Å²) in [6, 6.07) is 8.54. The number of piperazine rings is 1. The van der Waals surface area contributed by atoms with Gasteiger partial charge in [-0.2, -0.15) is 4.98 Å². The van der Waals surface area contributed by atoms with Gasteiger partial charge in [0.15, 0.2) is 0 Å². The van der Waals surface area contributed by atoms with E-state index >= 15 is 0 Å². The Kier molecular flexibility index (Phi) is 6.84. The van der Waals surface area contributed by atoms with Gasteiger partial charge in [-0.25, -0.2) is 9.37 Å². The molecule has 0 aliphatic carbocycles. The quantitative estimate of drug-likeness (QED) is 0.766. The highest BCUT2D eigenvalue weighted by atomic mass is 19.1. The van der Waals surface area contributed by atoms with Gasteiger partial charge in [0.05, 0.1) is 0 Å². The normalized spacial score (nSPS) is 17.7. The van der Waals surface area contributed by atoms with Gasteiger partial charge in [-0.1, -0.05) is 0 Å². The zero-order valence-corrected chi connectivity index (χ0v) is 18.1. The van der Waals surface area contributed by atoms with Crippen molar-refractivity contribution in [2.45, 2.75) is 26.2 Å². The fraction of sp³-hybridized carbons (Fsp3) is 0.522. The molecule has 166 valence electrons. The molecule has 2 aromatic rings. The third kappa shape index (κ3) is 5.42. The summed E-state index contributed by atoms with van der Waals surface area (Å²) in [4.78, 5) is 28.1. The average molecular weight is 427 g/mol. The van der Waals surface area contributed by atoms with E-state index in [4.69, 9.17) is 0 Å². The van der Waals surface area contributed by atoms with Gasteiger partial charge in [0.1, 0.15) is 11.6 Å². The van der Waals surface area contributed by atoms with Crippen LogP contribution >= 0.6 is 0 Å². The van der Waals surface area contributed by atoms with Crippen molar-refractivity contribution in [2.75, 3.05) is 60.9 Å². The van der Waals surface area contributed by atoms with E-state index in [-0.39, 0.29) is 11.7 Å². The van der Waals surface area contributed by atoms with Crippen molar-refractivity contribution >= 4 is 23.4 Å². The first kappa shape index (κ1) is 21.3. The molecule has 0 unspecified atom stereocenters. The summed E-state index contributed by atoms with van der Waals surface area (Å²) in [5, 5.41) is 3.16. The van der Waals surface area contributed by atoms with Gasteiger partial charge in [0.25, 0.3) is 0 Å². The topological polar surface area (TPSA) is 64.6 Å². The fourth-order valence-electron chi connectivity index (χ4n) is 4.38. The molecule has 1 aromatic carbocycles. The molecule has 0 saturated carbocycles. The number of carbonyl (C=O) groups excluding carboxylic acids is 1. The highest BCUT2D eigenvalue weighted by molar-refractivity contribution is 5.77. The Balaban J connectivity index is 1.22. The first-order chi connectivity index (χ1) is 15.1. The SMILES string of the molecule is CCNc1nccc(N2CCC(CC(=O)N3CCN(c4ccc(F)cc4)CC3)CC2)n1. The average Bonchev–Trinajstić information content (AvgIpc) is 2.81. The first-order valence-electron chi connectivity index (χ1n) is 11.2. The number of rotatable bonds is 6. The van der Waals surface area contributed by atoms with Crippen LogP contribution in [0, 0.1) is 11.7 Å². The van der Waals surface area contributed by atoms with E-state index in [1.165, 1.54) is 12.1 Å². The summed E-state index contributed by atoms with van der Waals surface area (Å²) >= 11 is 0. The second kappa shape index (κ2) is 9.94. The van der Waals surface area contributed by atoms with Crippen molar-refractivity contribution in [3.8, 4) is 0 Å². The number of nitrogens with one attached hydrogen (secondary N) is 1. The minimum Gasteiger partial charge on any atom is -0.368 e. The molecule has 0 atom stereocenters. The first-order valence-corrected chi connectivity index (χ1v) is 11.2. The minimum atomic E-state index is -0.221. The van der Waals surface area contributed by atoms with Crippen molar-refractivity contribution in [3.63, 3.8) is 0 Å². The highest BCUT2D eigenvalue weighted by Crippen LogP contribution is 2.25. The van der Waals surface area contributed by atoms with E-state index in [0.29, 0.717) is 18.3 Å². The van der Waals surface area contributed by atoms with Crippen LogP contribution in [0.4, 0.5) is 21.8 Å². The lowest BCUT2D eigenvalue weighted by Gasteiger charge is -2.37. The summed E-state index contributed by atoms with van der Waals surface area (Å²) in [7, 11) is 0. The number of benzene rings is 1. The number of nitrogens with zero attached hydrogens (tertiary/aromatic N) is 5. The van der Waals surface area contributed by atoms with Crippen LogP contribution in [-0.4, -0.2) is 66.6 Å². The van der Waals surface area contributed by atoms with Crippen molar-refractivity contribution in [3.05, 3.63) is 42.3 Å². The van der Waals surface area contributed by atoms with Crippen molar-refractivity contribution in [1.29, 1.82) is 0 Å². The molecule has 7 nitrogen and oxygen atoms in total. The summed E-state index contributed by atoms with van der Waals surface area (Å²) in [5.41, 5.74) is 1.02. The molecule has 1 amide bonds. The highest BCUT2D eigenvalue weighted by Gasteiger charge is 2.26. The molecule has 3 heterocycles. The Hall–Kier alpha value is -2.90. The van der Waals surface area contributed by atoms with Crippen molar-refractivity contribution < 1.29 is 9.18 Å². The Labute approximate surface area is 183 Å². The molecule has 0 spiro atoms. The van der Waals surface area contributed by atoms with E-state index in [0.717, 1.165) is 70.2 Å². The Bertz CT molecular complexity index is 861. The number of carbonyl (C=O) groups is 1. The lowest BCUT2D eigenvalue weighted by atomic mass is 9.93. The number of hydrogen-bond donors (Lipinski definition) is 1. The predicted octanol–water partition coefficient (Wildman–Crippen LogP) is 3.00. The van der Waals surface area contributed by atoms with Gasteiger partial charge < -0.3 is 20.0 Å². The number of halogens is 1. The number of hydrogen-bond acceptors (Lipinski definition) is 6. The van der Waals surface area contributed by atoms with E-state index < -0.39 is 0 Å². The van der Waals surface area contributed by atoms with Crippen LogP contribution in [-0.2, 0) is 4.79 Å². The zero-order valence-electron chi connectivity index (χ0n) is 18.1. The van der Waals surface area contributed by atoms with Crippen LogP contribution in [0.5, 0.6) is 0 Å². The number of amides is 1. The third-order valence-corrected chi connectivity index (χ3v) is 6.20. The second-order valence-corrected chi connectivity index (χ2v) is 8.25. The van der Waals surface area contributed by atoms with Gasteiger partial charge >= 0.3 is 0 Å². The third-order valence-electron chi connectivity index (χ3n) is 6.20. The number of anilines is 3. The molecule has 2 fully saturated rings. The second-order valence-electron chi connectivity index (χ2n) is 8.25. The Morgan fingerprint density at radius 2 is 1.74 bits per heavy atom. The minimum absolute atomic E-state index is 0.221. The lowest BCUT2D eigenvalue weighted by molar-refractivity contribution is -0.132. The summed E-state index contributed by atoms with van der Waals surface area (Å²) in [6.45, 7) is 7.69. The van der Waals surface area contributed by atoms with Crippen molar-refractivity contribution in [2.24, 2.45) is 5.92 Å². The van der Waals surface area contributed by atoms with Crippen molar-refractivity contribution in [1.82, 2.24) is 14.9 Å². The molecule has 2 aliphatic heterocycles. The lowest BCUT2D eigenvalue weighted by Crippen LogP contribution is -2.49.